The molecule has 2 aliphatic rings. The molecule has 16 heavy (non-hydrogen) atoms. The van der Waals surface area contributed by atoms with E-state index in [2.05, 4.69) is 4.90 Å². The summed E-state index contributed by atoms with van der Waals surface area (Å²) in [6, 6.07) is 0. The number of β-amino-alcohol motifs (C(OH)–C–C–N with tert-alkyl or cyclic N) is 1. The van der Waals surface area contributed by atoms with Crippen molar-refractivity contribution >= 4 is 5.91 Å². The number of piperidine rings is 1. The summed E-state index contributed by atoms with van der Waals surface area (Å²) in [6.45, 7) is 4.89. The van der Waals surface area contributed by atoms with Gasteiger partial charge >= 0.3 is 0 Å². The van der Waals surface area contributed by atoms with Crippen LogP contribution in [0, 0.1) is 0 Å². The molecule has 1 amide bonds. The van der Waals surface area contributed by atoms with Gasteiger partial charge in [-0.1, -0.05) is 6.42 Å². The fourth-order valence-corrected chi connectivity index (χ4v) is 2.64. The third kappa shape index (κ3) is 3.19. The molecule has 0 aromatic heterocycles. The van der Waals surface area contributed by atoms with E-state index in [0.717, 1.165) is 19.5 Å². The Balaban J connectivity index is 1.62. The summed E-state index contributed by atoms with van der Waals surface area (Å²) in [6.07, 6.45) is 4.94. The zero-order valence-electron chi connectivity index (χ0n) is 9.90. The van der Waals surface area contributed by atoms with E-state index < -0.39 is 6.10 Å². The van der Waals surface area contributed by atoms with Crippen LogP contribution in [0.2, 0.25) is 0 Å². The van der Waals surface area contributed by atoms with Gasteiger partial charge < -0.3 is 14.9 Å². The van der Waals surface area contributed by atoms with E-state index in [-0.39, 0.29) is 5.91 Å². The Kier molecular flexibility index (Phi) is 4.18. The second-order valence-corrected chi connectivity index (χ2v) is 4.95. The summed E-state index contributed by atoms with van der Waals surface area (Å²) in [4.78, 5) is 15.7. The molecule has 2 fully saturated rings. The van der Waals surface area contributed by atoms with Crippen LogP contribution in [0.4, 0.5) is 0 Å². The van der Waals surface area contributed by atoms with E-state index in [9.17, 15) is 9.90 Å². The predicted octanol–water partition coefficient (Wildman–Crippen LogP) is 0.456. The summed E-state index contributed by atoms with van der Waals surface area (Å²) in [7, 11) is 0. The van der Waals surface area contributed by atoms with Crippen molar-refractivity contribution in [3.05, 3.63) is 0 Å². The summed E-state index contributed by atoms with van der Waals surface area (Å²) in [5.41, 5.74) is 0. The minimum atomic E-state index is -0.428. The van der Waals surface area contributed by atoms with E-state index in [1.165, 1.54) is 32.4 Å². The number of rotatable bonds is 4. The first-order chi connectivity index (χ1) is 7.75. The first-order valence-electron chi connectivity index (χ1n) is 6.44. The molecule has 0 aromatic carbocycles. The van der Waals surface area contributed by atoms with Crippen LogP contribution in [0.25, 0.3) is 0 Å². The molecule has 2 rings (SSSR count). The summed E-state index contributed by atoms with van der Waals surface area (Å²) >= 11 is 0. The van der Waals surface area contributed by atoms with Gasteiger partial charge in [0.25, 0.3) is 0 Å². The molecule has 0 radical (unpaired) electrons. The molecule has 0 saturated carbocycles. The molecular formula is C12H22N2O2. The topological polar surface area (TPSA) is 43.8 Å². The zero-order valence-corrected chi connectivity index (χ0v) is 9.90. The Bertz CT molecular complexity index is 239. The zero-order chi connectivity index (χ0) is 11.4. The summed E-state index contributed by atoms with van der Waals surface area (Å²) in [5.74, 6) is 0.117. The van der Waals surface area contributed by atoms with Crippen molar-refractivity contribution < 1.29 is 9.90 Å². The van der Waals surface area contributed by atoms with Gasteiger partial charge in [0.05, 0.1) is 12.5 Å². The Labute approximate surface area is 97.2 Å². The standard InChI is InChI=1S/C12H22N2O2/c15-11-9-12(16)14(10-11)8-4-7-13-5-2-1-3-6-13/h11,15H,1-10H2. The number of aliphatic hydroxyl groups is 1. The highest BCUT2D eigenvalue weighted by atomic mass is 16.3. The van der Waals surface area contributed by atoms with Crippen molar-refractivity contribution in [1.29, 1.82) is 0 Å². The van der Waals surface area contributed by atoms with Crippen molar-refractivity contribution in [2.75, 3.05) is 32.7 Å². The predicted molar refractivity (Wildman–Crippen MR) is 62.1 cm³/mol. The Hall–Kier alpha value is -0.610. The van der Waals surface area contributed by atoms with E-state index >= 15 is 0 Å². The highest BCUT2D eigenvalue weighted by molar-refractivity contribution is 5.78. The largest absolute Gasteiger partial charge is 0.391 e. The van der Waals surface area contributed by atoms with E-state index in [1.807, 2.05) is 0 Å². The Morgan fingerprint density at radius 2 is 1.94 bits per heavy atom. The Morgan fingerprint density at radius 3 is 2.56 bits per heavy atom. The van der Waals surface area contributed by atoms with Crippen LogP contribution in [0.15, 0.2) is 0 Å². The number of carbonyl (C=O) groups is 1. The van der Waals surface area contributed by atoms with E-state index in [0.29, 0.717) is 13.0 Å². The van der Waals surface area contributed by atoms with Crippen molar-refractivity contribution in [1.82, 2.24) is 9.80 Å². The minimum absolute atomic E-state index is 0.117. The molecular weight excluding hydrogens is 204 g/mol. The maximum atomic E-state index is 11.4. The maximum Gasteiger partial charge on any atom is 0.225 e. The number of likely N-dealkylation sites (tertiary alicyclic amines) is 2. The smallest absolute Gasteiger partial charge is 0.225 e. The van der Waals surface area contributed by atoms with Crippen LogP contribution in [-0.2, 0) is 4.79 Å². The van der Waals surface area contributed by atoms with Crippen LogP contribution < -0.4 is 0 Å². The molecule has 0 spiro atoms. The number of amides is 1. The fraction of sp³-hybridized carbons (Fsp3) is 0.917. The van der Waals surface area contributed by atoms with Gasteiger partial charge in [-0.2, -0.15) is 0 Å². The third-order valence-electron chi connectivity index (χ3n) is 3.55. The summed E-state index contributed by atoms with van der Waals surface area (Å²) < 4.78 is 0. The van der Waals surface area contributed by atoms with Gasteiger partial charge in [0.2, 0.25) is 5.91 Å². The molecule has 1 N–H and O–H groups in total. The quantitative estimate of drug-likeness (QED) is 0.757. The van der Waals surface area contributed by atoms with E-state index in [4.69, 9.17) is 0 Å². The van der Waals surface area contributed by atoms with Gasteiger partial charge in [0, 0.05) is 13.1 Å². The van der Waals surface area contributed by atoms with Crippen LogP contribution in [-0.4, -0.2) is 59.6 Å². The lowest BCUT2D eigenvalue weighted by Gasteiger charge is -2.27. The number of aliphatic hydroxyl groups excluding tert-OH is 1. The monoisotopic (exact) mass is 226 g/mol. The number of hydrogen-bond acceptors (Lipinski definition) is 3. The van der Waals surface area contributed by atoms with E-state index in [1.54, 1.807) is 4.90 Å². The summed E-state index contributed by atoms with van der Waals surface area (Å²) in [5, 5.41) is 9.35. The average molecular weight is 226 g/mol. The molecule has 2 heterocycles. The average Bonchev–Trinajstić information content (AvgIpc) is 2.59. The highest BCUT2D eigenvalue weighted by Crippen LogP contribution is 2.12. The number of nitrogens with zero attached hydrogens (tertiary/aromatic N) is 2. The van der Waals surface area contributed by atoms with Gasteiger partial charge in [0.15, 0.2) is 0 Å². The third-order valence-corrected chi connectivity index (χ3v) is 3.55. The molecule has 4 nitrogen and oxygen atoms in total. The Morgan fingerprint density at radius 1 is 1.19 bits per heavy atom. The van der Waals surface area contributed by atoms with Crippen molar-refractivity contribution in [2.45, 2.75) is 38.2 Å². The highest BCUT2D eigenvalue weighted by Gasteiger charge is 2.27. The molecule has 4 heteroatoms. The van der Waals surface area contributed by atoms with Crippen LogP contribution in [0.5, 0.6) is 0 Å². The number of hydrogen-bond donors (Lipinski definition) is 1. The molecule has 0 aliphatic carbocycles. The van der Waals surface area contributed by atoms with Crippen molar-refractivity contribution in [2.24, 2.45) is 0 Å². The molecule has 1 unspecified atom stereocenters. The lowest BCUT2D eigenvalue weighted by molar-refractivity contribution is -0.127. The first-order valence-corrected chi connectivity index (χ1v) is 6.44. The number of carbonyl (C=O) groups excluding carboxylic acids is 1. The van der Waals surface area contributed by atoms with Gasteiger partial charge in [-0.15, -0.1) is 0 Å². The van der Waals surface area contributed by atoms with Gasteiger partial charge in [-0.3, -0.25) is 4.79 Å². The molecule has 2 saturated heterocycles. The molecule has 2 aliphatic heterocycles. The van der Waals surface area contributed by atoms with Crippen LogP contribution in [0.3, 0.4) is 0 Å². The first kappa shape index (κ1) is 11.9. The fourth-order valence-electron chi connectivity index (χ4n) is 2.64. The second kappa shape index (κ2) is 5.64. The maximum absolute atomic E-state index is 11.4. The molecule has 92 valence electrons. The van der Waals surface area contributed by atoms with Crippen LogP contribution in [0.1, 0.15) is 32.1 Å². The second-order valence-electron chi connectivity index (χ2n) is 4.95. The van der Waals surface area contributed by atoms with Crippen molar-refractivity contribution in [3.8, 4) is 0 Å². The van der Waals surface area contributed by atoms with Crippen LogP contribution >= 0.6 is 0 Å². The minimum Gasteiger partial charge on any atom is -0.391 e. The lowest BCUT2D eigenvalue weighted by atomic mass is 10.1. The van der Waals surface area contributed by atoms with Gasteiger partial charge in [-0.05, 0) is 38.9 Å². The molecule has 1 atom stereocenters. The normalized spacial score (nSPS) is 27.7. The SMILES string of the molecule is O=C1CC(O)CN1CCCN1CCCCC1. The molecule has 0 aromatic rings. The van der Waals surface area contributed by atoms with Gasteiger partial charge in [-0.25, -0.2) is 0 Å². The lowest BCUT2D eigenvalue weighted by Crippen LogP contribution is -2.34. The van der Waals surface area contributed by atoms with Gasteiger partial charge in [0.1, 0.15) is 0 Å². The molecule has 0 bridgehead atoms. The van der Waals surface area contributed by atoms with Crippen molar-refractivity contribution in [3.63, 3.8) is 0 Å².